The van der Waals surface area contributed by atoms with E-state index in [0.717, 1.165) is 38.8 Å². The Morgan fingerprint density at radius 3 is 2.76 bits per heavy atom. The molecule has 1 aliphatic heterocycles. The Hall–Kier alpha value is -1.89. The van der Waals surface area contributed by atoms with Gasteiger partial charge in [0.1, 0.15) is 5.69 Å². The van der Waals surface area contributed by atoms with Crippen molar-refractivity contribution in [3.8, 4) is 0 Å². The zero-order valence-electron chi connectivity index (χ0n) is 11.9. The van der Waals surface area contributed by atoms with Crippen molar-refractivity contribution < 1.29 is 9.72 Å². The summed E-state index contributed by atoms with van der Waals surface area (Å²) in [5.74, 6) is -0.119. The summed E-state index contributed by atoms with van der Waals surface area (Å²) in [6.07, 6.45) is 6.79. The van der Waals surface area contributed by atoms with Gasteiger partial charge in [0, 0.05) is 25.7 Å². The molecular formula is C14H20N4O3. The Morgan fingerprint density at radius 1 is 1.33 bits per heavy atom. The average molecular weight is 292 g/mol. The van der Waals surface area contributed by atoms with Gasteiger partial charge >= 0.3 is 0 Å². The van der Waals surface area contributed by atoms with Gasteiger partial charge in [0.25, 0.3) is 11.6 Å². The van der Waals surface area contributed by atoms with Crippen LogP contribution < -0.4 is 5.32 Å². The maximum Gasteiger partial charge on any atom is 0.287 e. The molecule has 0 atom stereocenters. The SMILES string of the molecule is O=C(c1cc([N+](=O)[O-])c[nH]1)N1CCNCC12CCCCC2. The molecule has 21 heavy (non-hydrogen) atoms. The van der Waals surface area contributed by atoms with Crippen LogP contribution in [-0.2, 0) is 0 Å². The van der Waals surface area contributed by atoms with E-state index in [-0.39, 0.29) is 17.1 Å². The molecule has 7 nitrogen and oxygen atoms in total. The lowest BCUT2D eigenvalue weighted by Crippen LogP contribution is -2.63. The minimum Gasteiger partial charge on any atom is -0.351 e. The number of hydrogen-bond donors (Lipinski definition) is 2. The predicted octanol–water partition coefficient (Wildman–Crippen LogP) is 1.67. The van der Waals surface area contributed by atoms with Gasteiger partial charge in [-0.25, -0.2) is 0 Å². The molecule has 0 bridgehead atoms. The molecular weight excluding hydrogens is 272 g/mol. The van der Waals surface area contributed by atoms with E-state index in [1.807, 2.05) is 4.90 Å². The minimum atomic E-state index is -0.485. The van der Waals surface area contributed by atoms with Gasteiger partial charge in [-0.05, 0) is 12.8 Å². The van der Waals surface area contributed by atoms with Crippen molar-refractivity contribution >= 4 is 11.6 Å². The Balaban J connectivity index is 1.85. The number of carbonyl (C=O) groups is 1. The summed E-state index contributed by atoms with van der Waals surface area (Å²) >= 11 is 0. The van der Waals surface area contributed by atoms with Gasteiger partial charge in [-0.2, -0.15) is 0 Å². The second kappa shape index (κ2) is 5.48. The standard InChI is InChI=1S/C14H20N4O3/c19-13(12-8-11(9-16-12)18(20)21)17-7-6-15-10-14(17)4-2-1-3-5-14/h8-9,15-16H,1-7,10H2. The van der Waals surface area contributed by atoms with Crippen LogP contribution in [0, 0.1) is 10.1 Å². The van der Waals surface area contributed by atoms with Crippen LogP contribution in [0.25, 0.3) is 0 Å². The van der Waals surface area contributed by atoms with Gasteiger partial charge in [0.15, 0.2) is 0 Å². The van der Waals surface area contributed by atoms with E-state index >= 15 is 0 Å². The summed E-state index contributed by atoms with van der Waals surface area (Å²) in [7, 11) is 0. The highest BCUT2D eigenvalue weighted by molar-refractivity contribution is 5.93. The number of hydrogen-bond acceptors (Lipinski definition) is 4. The lowest BCUT2D eigenvalue weighted by atomic mass is 9.79. The van der Waals surface area contributed by atoms with Gasteiger partial charge in [0.2, 0.25) is 0 Å². The van der Waals surface area contributed by atoms with Crippen LogP contribution in [0.5, 0.6) is 0 Å². The number of aromatic amines is 1. The van der Waals surface area contributed by atoms with Crippen LogP contribution in [0.3, 0.4) is 0 Å². The third kappa shape index (κ3) is 2.53. The fourth-order valence-corrected chi connectivity index (χ4v) is 3.58. The van der Waals surface area contributed by atoms with Crippen molar-refractivity contribution in [2.45, 2.75) is 37.6 Å². The van der Waals surface area contributed by atoms with Crippen molar-refractivity contribution in [2.24, 2.45) is 0 Å². The third-order valence-electron chi connectivity index (χ3n) is 4.68. The highest BCUT2D eigenvalue weighted by Gasteiger charge is 2.42. The van der Waals surface area contributed by atoms with Crippen LogP contribution in [0.1, 0.15) is 42.6 Å². The van der Waals surface area contributed by atoms with Gasteiger partial charge in [-0.15, -0.1) is 0 Å². The van der Waals surface area contributed by atoms with Crippen LogP contribution in [0.15, 0.2) is 12.3 Å². The molecule has 0 aromatic carbocycles. The number of H-pyrrole nitrogens is 1. The first kappa shape index (κ1) is 14.1. The monoisotopic (exact) mass is 292 g/mol. The summed E-state index contributed by atoms with van der Waals surface area (Å²) < 4.78 is 0. The number of aromatic nitrogens is 1. The number of carbonyl (C=O) groups excluding carboxylic acids is 1. The summed E-state index contributed by atoms with van der Waals surface area (Å²) in [5, 5.41) is 14.2. The number of nitrogens with one attached hydrogen (secondary N) is 2. The molecule has 2 aliphatic rings. The lowest BCUT2D eigenvalue weighted by Gasteiger charge is -2.49. The molecule has 1 spiro atoms. The van der Waals surface area contributed by atoms with E-state index in [0.29, 0.717) is 12.2 Å². The van der Waals surface area contributed by atoms with Gasteiger partial charge in [-0.3, -0.25) is 14.9 Å². The summed E-state index contributed by atoms with van der Waals surface area (Å²) in [6.45, 7) is 2.25. The predicted molar refractivity (Wildman–Crippen MR) is 77.2 cm³/mol. The van der Waals surface area contributed by atoms with E-state index < -0.39 is 4.92 Å². The molecule has 114 valence electrons. The smallest absolute Gasteiger partial charge is 0.287 e. The number of piperazine rings is 1. The van der Waals surface area contributed by atoms with Crippen molar-refractivity contribution in [1.29, 1.82) is 0 Å². The molecule has 3 rings (SSSR count). The van der Waals surface area contributed by atoms with Gasteiger partial charge in [0.05, 0.1) is 16.7 Å². The number of rotatable bonds is 2. The maximum absolute atomic E-state index is 12.8. The molecule has 2 fully saturated rings. The quantitative estimate of drug-likeness (QED) is 0.640. The largest absolute Gasteiger partial charge is 0.351 e. The van der Waals surface area contributed by atoms with Gasteiger partial charge < -0.3 is 15.2 Å². The zero-order valence-corrected chi connectivity index (χ0v) is 11.9. The highest BCUT2D eigenvalue weighted by Crippen LogP contribution is 2.35. The minimum absolute atomic E-state index is 0.0637. The van der Waals surface area contributed by atoms with Crippen LogP contribution in [0.2, 0.25) is 0 Å². The van der Waals surface area contributed by atoms with E-state index in [1.54, 1.807) is 0 Å². The molecule has 2 heterocycles. The fourth-order valence-electron chi connectivity index (χ4n) is 3.58. The second-order valence-electron chi connectivity index (χ2n) is 5.95. The average Bonchev–Trinajstić information content (AvgIpc) is 2.98. The number of nitro groups is 1. The molecule has 1 amide bonds. The highest BCUT2D eigenvalue weighted by atomic mass is 16.6. The first-order valence-corrected chi connectivity index (χ1v) is 7.48. The lowest BCUT2D eigenvalue weighted by molar-refractivity contribution is -0.384. The normalized spacial score (nSPS) is 21.4. The molecule has 0 radical (unpaired) electrons. The molecule has 1 aromatic heterocycles. The topological polar surface area (TPSA) is 91.3 Å². The summed E-state index contributed by atoms with van der Waals surface area (Å²) in [5.41, 5.74) is 0.132. The number of amides is 1. The van der Waals surface area contributed by atoms with E-state index in [9.17, 15) is 14.9 Å². The van der Waals surface area contributed by atoms with Crippen LogP contribution in [0.4, 0.5) is 5.69 Å². The first-order chi connectivity index (χ1) is 10.1. The molecule has 1 saturated carbocycles. The second-order valence-corrected chi connectivity index (χ2v) is 5.95. The Bertz CT molecular complexity index is 540. The summed E-state index contributed by atoms with van der Waals surface area (Å²) in [6, 6.07) is 1.33. The van der Waals surface area contributed by atoms with Crippen LogP contribution >= 0.6 is 0 Å². The van der Waals surface area contributed by atoms with Crippen molar-refractivity contribution in [1.82, 2.24) is 15.2 Å². The third-order valence-corrected chi connectivity index (χ3v) is 4.68. The number of nitrogens with zero attached hydrogens (tertiary/aromatic N) is 2. The van der Waals surface area contributed by atoms with Crippen molar-refractivity contribution in [2.75, 3.05) is 19.6 Å². The molecule has 1 aromatic rings. The molecule has 7 heteroatoms. The first-order valence-electron chi connectivity index (χ1n) is 7.48. The van der Waals surface area contributed by atoms with E-state index in [1.165, 1.54) is 18.7 Å². The molecule has 1 saturated heterocycles. The Labute approximate surface area is 122 Å². The van der Waals surface area contributed by atoms with E-state index in [4.69, 9.17) is 0 Å². The summed E-state index contributed by atoms with van der Waals surface area (Å²) in [4.78, 5) is 27.7. The molecule has 0 unspecified atom stereocenters. The van der Waals surface area contributed by atoms with E-state index in [2.05, 4.69) is 10.3 Å². The Kier molecular flexibility index (Phi) is 3.67. The maximum atomic E-state index is 12.8. The molecule has 2 N–H and O–H groups in total. The zero-order chi connectivity index (χ0) is 14.9. The van der Waals surface area contributed by atoms with Crippen molar-refractivity contribution in [3.05, 3.63) is 28.1 Å². The Morgan fingerprint density at radius 2 is 2.10 bits per heavy atom. The van der Waals surface area contributed by atoms with Crippen LogP contribution in [-0.4, -0.2) is 45.9 Å². The van der Waals surface area contributed by atoms with Gasteiger partial charge in [-0.1, -0.05) is 19.3 Å². The van der Waals surface area contributed by atoms with Crippen molar-refractivity contribution in [3.63, 3.8) is 0 Å². The fraction of sp³-hybridized carbons (Fsp3) is 0.643. The molecule has 1 aliphatic carbocycles.